The maximum absolute atomic E-state index is 5.52. The van der Waals surface area contributed by atoms with Crippen LogP contribution in [0.5, 0.6) is 5.75 Å². The molecular weight excluding hydrogens is 314 g/mol. The van der Waals surface area contributed by atoms with Crippen molar-refractivity contribution in [2.24, 2.45) is 0 Å². The molecule has 0 saturated heterocycles. The predicted molar refractivity (Wildman–Crippen MR) is 86.5 cm³/mol. The standard InChI is InChI=1S/C15H17N5O2S/c1-2-22-10-3-4-11-12(7-10)17-15(16-11)23-9-14-19-18-13-8-21-6-5-20(13)14/h3-4,7H,2,5-6,8-9H2,1H3,(H,16,17). The summed E-state index contributed by atoms with van der Waals surface area (Å²) in [4.78, 5) is 7.92. The van der Waals surface area contributed by atoms with Crippen LogP contribution in [-0.2, 0) is 23.6 Å². The minimum atomic E-state index is 0.544. The molecule has 0 fully saturated rings. The van der Waals surface area contributed by atoms with Gasteiger partial charge in [-0.05, 0) is 19.1 Å². The van der Waals surface area contributed by atoms with E-state index in [-0.39, 0.29) is 0 Å². The Morgan fingerprint density at radius 2 is 2.35 bits per heavy atom. The van der Waals surface area contributed by atoms with Gasteiger partial charge in [-0.3, -0.25) is 0 Å². The molecule has 1 N–H and O–H groups in total. The second-order valence-electron chi connectivity index (χ2n) is 5.18. The molecular formula is C15H17N5O2S. The van der Waals surface area contributed by atoms with Crippen molar-refractivity contribution < 1.29 is 9.47 Å². The average Bonchev–Trinajstić information content (AvgIpc) is 3.16. The first kappa shape index (κ1) is 14.5. The molecule has 2 aromatic heterocycles. The molecule has 1 aromatic carbocycles. The minimum absolute atomic E-state index is 0.544. The Balaban J connectivity index is 1.50. The lowest BCUT2D eigenvalue weighted by Crippen LogP contribution is -2.18. The third-order valence-corrected chi connectivity index (χ3v) is 4.54. The van der Waals surface area contributed by atoms with Gasteiger partial charge in [0.05, 0.1) is 30.0 Å². The van der Waals surface area contributed by atoms with Crippen LogP contribution in [0.2, 0.25) is 0 Å². The lowest BCUT2D eigenvalue weighted by Gasteiger charge is -2.14. The third kappa shape index (κ3) is 2.91. The van der Waals surface area contributed by atoms with E-state index in [4.69, 9.17) is 9.47 Å². The number of nitrogens with zero attached hydrogens (tertiary/aromatic N) is 4. The van der Waals surface area contributed by atoms with Gasteiger partial charge in [-0.15, -0.1) is 10.2 Å². The van der Waals surface area contributed by atoms with E-state index in [0.29, 0.717) is 19.8 Å². The van der Waals surface area contributed by atoms with Gasteiger partial charge in [0.1, 0.15) is 18.2 Å². The SMILES string of the molecule is CCOc1ccc2nc(SCc3nnc4n3CCOC4)[nH]c2c1. The molecule has 7 nitrogen and oxygen atoms in total. The predicted octanol–water partition coefficient (Wildman–Crippen LogP) is 2.38. The summed E-state index contributed by atoms with van der Waals surface area (Å²) in [5.74, 6) is 3.44. The van der Waals surface area contributed by atoms with Gasteiger partial charge in [-0.2, -0.15) is 0 Å². The number of aromatic amines is 1. The number of hydrogen-bond donors (Lipinski definition) is 1. The largest absolute Gasteiger partial charge is 0.494 e. The number of H-pyrrole nitrogens is 1. The lowest BCUT2D eigenvalue weighted by atomic mass is 10.3. The number of benzene rings is 1. The second kappa shape index (κ2) is 6.21. The van der Waals surface area contributed by atoms with Gasteiger partial charge in [-0.25, -0.2) is 4.98 Å². The Bertz CT molecular complexity index is 828. The number of nitrogens with one attached hydrogen (secondary N) is 1. The molecule has 1 aliphatic rings. The molecule has 4 rings (SSSR count). The van der Waals surface area contributed by atoms with Gasteiger partial charge in [-0.1, -0.05) is 11.8 Å². The van der Waals surface area contributed by atoms with Gasteiger partial charge >= 0.3 is 0 Å². The summed E-state index contributed by atoms with van der Waals surface area (Å²) in [5.41, 5.74) is 1.92. The van der Waals surface area contributed by atoms with E-state index in [2.05, 4.69) is 24.7 Å². The fraction of sp³-hybridized carbons (Fsp3) is 0.400. The van der Waals surface area contributed by atoms with Crippen molar-refractivity contribution in [2.45, 2.75) is 31.0 Å². The quantitative estimate of drug-likeness (QED) is 0.723. The molecule has 0 unspecified atom stereocenters. The number of hydrogen-bond acceptors (Lipinski definition) is 6. The highest BCUT2D eigenvalue weighted by Crippen LogP contribution is 2.25. The number of ether oxygens (including phenoxy) is 2. The van der Waals surface area contributed by atoms with Crippen molar-refractivity contribution in [1.29, 1.82) is 0 Å². The Hall–Kier alpha value is -2.06. The fourth-order valence-electron chi connectivity index (χ4n) is 2.59. The van der Waals surface area contributed by atoms with Gasteiger partial charge in [0.15, 0.2) is 11.0 Å². The van der Waals surface area contributed by atoms with Crippen LogP contribution in [0, 0.1) is 0 Å². The molecule has 0 atom stereocenters. The van der Waals surface area contributed by atoms with Crippen LogP contribution in [0.4, 0.5) is 0 Å². The second-order valence-corrected chi connectivity index (χ2v) is 6.14. The number of aromatic nitrogens is 5. The number of fused-ring (bicyclic) bond motifs is 2. The first-order valence-corrected chi connectivity index (χ1v) is 8.56. The summed E-state index contributed by atoms with van der Waals surface area (Å²) in [6, 6.07) is 5.89. The van der Waals surface area contributed by atoms with E-state index in [1.807, 2.05) is 25.1 Å². The molecule has 0 aliphatic carbocycles. The van der Waals surface area contributed by atoms with Crippen LogP contribution < -0.4 is 4.74 Å². The molecule has 0 bridgehead atoms. The molecule has 0 saturated carbocycles. The normalized spacial score (nSPS) is 14.1. The van der Waals surface area contributed by atoms with E-state index >= 15 is 0 Å². The summed E-state index contributed by atoms with van der Waals surface area (Å²) in [6.07, 6.45) is 0. The van der Waals surface area contributed by atoms with Crippen LogP contribution >= 0.6 is 11.8 Å². The number of rotatable bonds is 5. The first-order valence-electron chi connectivity index (χ1n) is 7.57. The van der Waals surface area contributed by atoms with E-state index in [1.54, 1.807) is 11.8 Å². The minimum Gasteiger partial charge on any atom is -0.494 e. The lowest BCUT2D eigenvalue weighted by molar-refractivity contribution is 0.0808. The van der Waals surface area contributed by atoms with E-state index in [0.717, 1.165) is 45.9 Å². The third-order valence-electron chi connectivity index (χ3n) is 3.68. The molecule has 3 aromatic rings. The maximum atomic E-state index is 5.52. The fourth-order valence-corrected chi connectivity index (χ4v) is 3.41. The highest BCUT2D eigenvalue weighted by Gasteiger charge is 2.16. The Kier molecular flexibility index (Phi) is 3.92. The molecule has 120 valence electrons. The maximum Gasteiger partial charge on any atom is 0.166 e. The molecule has 3 heterocycles. The summed E-state index contributed by atoms with van der Waals surface area (Å²) >= 11 is 1.62. The van der Waals surface area contributed by atoms with E-state index in [1.165, 1.54) is 0 Å². The molecule has 23 heavy (non-hydrogen) atoms. The van der Waals surface area contributed by atoms with Crippen LogP contribution in [0.3, 0.4) is 0 Å². The Morgan fingerprint density at radius 3 is 3.26 bits per heavy atom. The zero-order chi connectivity index (χ0) is 15.6. The molecule has 0 spiro atoms. The highest BCUT2D eigenvalue weighted by molar-refractivity contribution is 7.98. The summed E-state index contributed by atoms with van der Waals surface area (Å²) < 4.78 is 13.0. The van der Waals surface area contributed by atoms with Crippen LogP contribution in [0.15, 0.2) is 23.4 Å². The van der Waals surface area contributed by atoms with Crippen molar-refractivity contribution in [2.75, 3.05) is 13.2 Å². The zero-order valence-corrected chi connectivity index (χ0v) is 13.6. The number of imidazole rings is 1. The summed E-state index contributed by atoms with van der Waals surface area (Å²) in [7, 11) is 0. The van der Waals surface area contributed by atoms with Crippen molar-refractivity contribution >= 4 is 22.8 Å². The van der Waals surface area contributed by atoms with E-state index < -0.39 is 0 Å². The zero-order valence-electron chi connectivity index (χ0n) is 12.8. The van der Waals surface area contributed by atoms with Gasteiger partial charge in [0, 0.05) is 12.6 Å². The highest BCUT2D eigenvalue weighted by atomic mass is 32.2. The van der Waals surface area contributed by atoms with Gasteiger partial charge in [0.25, 0.3) is 0 Å². The molecule has 1 aliphatic heterocycles. The number of thioether (sulfide) groups is 1. The van der Waals surface area contributed by atoms with Crippen molar-refractivity contribution in [1.82, 2.24) is 24.7 Å². The van der Waals surface area contributed by atoms with Gasteiger partial charge in [0.2, 0.25) is 0 Å². The van der Waals surface area contributed by atoms with Crippen LogP contribution in [0.25, 0.3) is 11.0 Å². The van der Waals surface area contributed by atoms with Crippen LogP contribution in [0.1, 0.15) is 18.6 Å². The first-order chi connectivity index (χ1) is 11.3. The monoisotopic (exact) mass is 331 g/mol. The van der Waals surface area contributed by atoms with Gasteiger partial charge < -0.3 is 19.0 Å². The Morgan fingerprint density at radius 1 is 1.39 bits per heavy atom. The smallest absolute Gasteiger partial charge is 0.166 e. The summed E-state index contributed by atoms with van der Waals surface area (Å²) in [6.45, 7) is 4.71. The van der Waals surface area contributed by atoms with E-state index in [9.17, 15) is 0 Å². The Labute approximate surface area is 137 Å². The molecule has 0 amide bonds. The van der Waals surface area contributed by atoms with Crippen molar-refractivity contribution in [3.8, 4) is 5.75 Å². The van der Waals surface area contributed by atoms with Crippen molar-refractivity contribution in [3.63, 3.8) is 0 Å². The topological polar surface area (TPSA) is 77.8 Å². The molecule has 8 heteroatoms. The van der Waals surface area contributed by atoms with Crippen LogP contribution in [-0.4, -0.2) is 37.9 Å². The average molecular weight is 331 g/mol. The molecule has 0 radical (unpaired) electrons. The van der Waals surface area contributed by atoms with Crippen molar-refractivity contribution in [3.05, 3.63) is 29.8 Å². The summed E-state index contributed by atoms with van der Waals surface area (Å²) in [5, 5.41) is 9.30.